The van der Waals surface area contributed by atoms with Crippen molar-refractivity contribution in [1.29, 1.82) is 0 Å². The smallest absolute Gasteiger partial charge is 0.0693 e. The summed E-state index contributed by atoms with van der Waals surface area (Å²) in [5.41, 5.74) is 0. The number of hydrogen-bond acceptors (Lipinski definition) is 4. The highest BCUT2D eigenvalue weighted by Gasteiger charge is 2.31. The third kappa shape index (κ3) is 2.42. The molecule has 0 radical (unpaired) electrons. The molecule has 1 atom stereocenters. The van der Waals surface area contributed by atoms with Gasteiger partial charge in [-0.1, -0.05) is 12.1 Å². The van der Waals surface area contributed by atoms with Gasteiger partial charge in [0.15, 0.2) is 0 Å². The van der Waals surface area contributed by atoms with Crippen molar-refractivity contribution in [2.24, 2.45) is 0 Å². The summed E-state index contributed by atoms with van der Waals surface area (Å²) in [6.45, 7) is 8.38. The minimum Gasteiger partial charge on any atom is -0.303 e. The molecule has 2 aliphatic rings. The van der Waals surface area contributed by atoms with E-state index in [1.54, 1.807) is 6.20 Å². The molecule has 2 saturated heterocycles. The van der Waals surface area contributed by atoms with Crippen LogP contribution in [0.25, 0.3) is 0 Å². The van der Waals surface area contributed by atoms with E-state index >= 15 is 0 Å². The van der Waals surface area contributed by atoms with Crippen LogP contribution in [0.5, 0.6) is 0 Å². The molecule has 0 aliphatic carbocycles. The molecular formula is C13H23N5. The van der Waals surface area contributed by atoms with Crippen molar-refractivity contribution in [3.05, 3.63) is 12.4 Å². The van der Waals surface area contributed by atoms with Crippen molar-refractivity contribution in [1.82, 2.24) is 24.8 Å². The molecule has 100 valence electrons. The average Bonchev–Trinajstić information content (AvgIpc) is 3.09. The van der Waals surface area contributed by atoms with E-state index in [1.165, 1.54) is 45.4 Å². The zero-order chi connectivity index (χ0) is 12.4. The molecule has 0 saturated carbocycles. The number of aromatic nitrogens is 3. The molecule has 3 rings (SSSR count). The van der Waals surface area contributed by atoms with Gasteiger partial charge in [-0.3, -0.25) is 4.90 Å². The largest absolute Gasteiger partial charge is 0.303 e. The van der Waals surface area contributed by atoms with Crippen molar-refractivity contribution in [3.8, 4) is 0 Å². The number of hydrogen-bond donors (Lipinski definition) is 0. The molecule has 1 aromatic rings. The third-order valence-electron chi connectivity index (χ3n) is 4.53. The van der Waals surface area contributed by atoms with Gasteiger partial charge in [-0.15, -0.1) is 5.10 Å². The minimum atomic E-state index is 0.539. The first-order valence-corrected chi connectivity index (χ1v) is 7.19. The van der Waals surface area contributed by atoms with Crippen molar-refractivity contribution < 1.29 is 0 Å². The lowest BCUT2D eigenvalue weighted by molar-refractivity contribution is 0.127. The maximum Gasteiger partial charge on any atom is 0.0693 e. The second kappa shape index (κ2) is 5.36. The van der Waals surface area contributed by atoms with Crippen molar-refractivity contribution in [2.45, 2.75) is 38.3 Å². The monoisotopic (exact) mass is 249 g/mol. The van der Waals surface area contributed by atoms with Crippen LogP contribution in [0.4, 0.5) is 0 Å². The van der Waals surface area contributed by atoms with Gasteiger partial charge in [0.25, 0.3) is 0 Å². The van der Waals surface area contributed by atoms with Crippen LogP contribution in [0, 0.1) is 0 Å². The SMILES string of the molecule is CCN1CCC(N2CCC(n3ccnn3)C2)CC1. The zero-order valence-corrected chi connectivity index (χ0v) is 11.2. The molecule has 0 spiro atoms. The van der Waals surface area contributed by atoms with Gasteiger partial charge in [-0.25, -0.2) is 4.68 Å². The predicted octanol–water partition coefficient (Wildman–Crippen LogP) is 1.01. The summed E-state index contributed by atoms with van der Waals surface area (Å²) < 4.78 is 2.03. The summed E-state index contributed by atoms with van der Waals surface area (Å²) in [5, 5.41) is 8.05. The van der Waals surface area contributed by atoms with E-state index in [0.717, 1.165) is 12.6 Å². The standard InChI is InChI=1S/C13H23N5/c1-2-16-7-3-12(4-8-16)17-9-5-13(11-17)18-10-6-14-15-18/h6,10,12-13H,2-5,7-9,11H2,1H3. The van der Waals surface area contributed by atoms with Gasteiger partial charge >= 0.3 is 0 Å². The molecule has 3 heterocycles. The summed E-state index contributed by atoms with van der Waals surface area (Å²) in [7, 11) is 0. The molecule has 5 nitrogen and oxygen atoms in total. The second-order valence-corrected chi connectivity index (χ2v) is 5.49. The van der Waals surface area contributed by atoms with Crippen molar-refractivity contribution in [2.75, 3.05) is 32.7 Å². The van der Waals surface area contributed by atoms with Crippen LogP contribution in [0.3, 0.4) is 0 Å². The lowest BCUT2D eigenvalue weighted by atomic mass is 10.0. The maximum atomic E-state index is 4.13. The Kier molecular flexibility index (Phi) is 3.61. The molecule has 0 N–H and O–H groups in total. The van der Waals surface area contributed by atoms with Gasteiger partial charge in [-0.05, 0) is 38.9 Å². The highest BCUT2D eigenvalue weighted by atomic mass is 15.4. The topological polar surface area (TPSA) is 37.2 Å². The molecule has 18 heavy (non-hydrogen) atoms. The van der Waals surface area contributed by atoms with E-state index in [2.05, 4.69) is 27.0 Å². The molecule has 0 amide bonds. The summed E-state index contributed by atoms with van der Waals surface area (Å²) >= 11 is 0. The number of rotatable bonds is 3. The Hall–Kier alpha value is -0.940. The van der Waals surface area contributed by atoms with E-state index in [0.29, 0.717) is 6.04 Å². The Morgan fingerprint density at radius 1 is 1.11 bits per heavy atom. The number of nitrogens with zero attached hydrogens (tertiary/aromatic N) is 5. The Balaban J connectivity index is 1.53. The fourth-order valence-corrected chi connectivity index (χ4v) is 3.33. The first-order valence-electron chi connectivity index (χ1n) is 7.19. The van der Waals surface area contributed by atoms with Crippen LogP contribution in [0.2, 0.25) is 0 Å². The number of likely N-dealkylation sites (tertiary alicyclic amines) is 2. The Morgan fingerprint density at radius 3 is 2.56 bits per heavy atom. The van der Waals surface area contributed by atoms with Gasteiger partial charge in [0, 0.05) is 25.3 Å². The fraction of sp³-hybridized carbons (Fsp3) is 0.846. The molecule has 5 heteroatoms. The molecule has 1 unspecified atom stereocenters. The molecular weight excluding hydrogens is 226 g/mol. The minimum absolute atomic E-state index is 0.539. The van der Waals surface area contributed by atoms with Gasteiger partial charge < -0.3 is 4.90 Å². The normalized spacial score (nSPS) is 27.9. The maximum absolute atomic E-state index is 4.13. The fourth-order valence-electron chi connectivity index (χ4n) is 3.33. The highest BCUT2D eigenvalue weighted by Crippen LogP contribution is 2.26. The summed E-state index contributed by atoms with van der Waals surface area (Å²) in [6.07, 6.45) is 7.66. The quantitative estimate of drug-likeness (QED) is 0.801. The molecule has 0 bridgehead atoms. The van der Waals surface area contributed by atoms with E-state index in [9.17, 15) is 0 Å². The first-order chi connectivity index (χ1) is 8.86. The molecule has 0 aromatic carbocycles. The summed E-state index contributed by atoms with van der Waals surface area (Å²) in [5.74, 6) is 0. The van der Waals surface area contributed by atoms with Crippen molar-refractivity contribution >= 4 is 0 Å². The van der Waals surface area contributed by atoms with E-state index in [-0.39, 0.29) is 0 Å². The van der Waals surface area contributed by atoms with Gasteiger partial charge in [0.05, 0.1) is 12.2 Å². The Morgan fingerprint density at radius 2 is 1.89 bits per heavy atom. The second-order valence-electron chi connectivity index (χ2n) is 5.49. The van der Waals surface area contributed by atoms with Crippen LogP contribution in [-0.4, -0.2) is 63.6 Å². The third-order valence-corrected chi connectivity index (χ3v) is 4.53. The predicted molar refractivity (Wildman–Crippen MR) is 70.4 cm³/mol. The molecule has 2 fully saturated rings. The highest BCUT2D eigenvalue weighted by molar-refractivity contribution is 4.87. The van der Waals surface area contributed by atoms with E-state index in [1.807, 2.05) is 10.9 Å². The molecule has 2 aliphatic heterocycles. The summed E-state index contributed by atoms with van der Waals surface area (Å²) in [6, 6.07) is 1.33. The lowest BCUT2D eigenvalue weighted by Gasteiger charge is -2.36. The first kappa shape index (κ1) is 12.1. The van der Waals surface area contributed by atoms with Gasteiger partial charge in [0.1, 0.15) is 0 Å². The van der Waals surface area contributed by atoms with E-state index in [4.69, 9.17) is 0 Å². The van der Waals surface area contributed by atoms with Gasteiger partial charge in [0.2, 0.25) is 0 Å². The lowest BCUT2D eigenvalue weighted by Crippen LogP contribution is -2.44. The average molecular weight is 249 g/mol. The van der Waals surface area contributed by atoms with Crippen LogP contribution in [-0.2, 0) is 0 Å². The Bertz CT molecular complexity index is 355. The van der Waals surface area contributed by atoms with Crippen LogP contribution < -0.4 is 0 Å². The van der Waals surface area contributed by atoms with Crippen LogP contribution >= 0.6 is 0 Å². The van der Waals surface area contributed by atoms with Gasteiger partial charge in [-0.2, -0.15) is 0 Å². The van der Waals surface area contributed by atoms with E-state index < -0.39 is 0 Å². The van der Waals surface area contributed by atoms with Crippen molar-refractivity contribution in [3.63, 3.8) is 0 Å². The summed E-state index contributed by atoms with van der Waals surface area (Å²) in [4.78, 5) is 5.22. The van der Waals surface area contributed by atoms with Crippen LogP contribution in [0.1, 0.15) is 32.2 Å². The molecule has 1 aromatic heterocycles. The number of piperidine rings is 1. The zero-order valence-electron chi connectivity index (χ0n) is 11.2. The van der Waals surface area contributed by atoms with Crippen LogP contribution in [0.15, 0.2) is 12.4 Å². The Labute approximate surface area is 109 Å².